The van der Waals surface area contributed by atoms with Crippen LogP contribution in [0.25, 0.3) is 0 Å². The number of carbonyl (C=O) groups is 4. The molecular weight excluding hydrogens is 814 g/mol. The van der Waals surface area contributed by atoms with Crippen LogP contribution in [0, 0.1) is 7.14 Å². The predicted molar refractivity (Wildman–Crippen MR) is 195 cm³/mol. The van der Waals surface area contributed by atoms with E-state index in [1.165, 1.54) is 4.90 Å². The molecule has 0 heterocycles. The molecule has 4 aromatic carbocycles. The summed E-state index contributed by atoms with van der Waals surface area (Å²) in [4.78, 5) is 46.7. The van der Waals surface area contributed by atoms with E-state index in [-0.39, 0.29) is 39.0 Å². The Morgan fingerprint density at radius 2 is 1.15 bits per heavy atom. The molecule has 0 radical (unpaired) electrons. The number of aromatic carboxylic acids is 1. The van der Waals surface area contributed by atoms with Gasteiger partial charge in [0.2, 0.25) is 0 Å². The highest BCUT2D eigenvalue weighted by Crippen LogP contribution is 2.10. The SMILES string of the molecule is C.CN(CC(=O)OCc1ccccc1)C(=O)c1cccc(I)c1.CNCC(=O)OCc1ccccc1.O=C(O)c1cccc(I)c1. The Morgan fingerprint density at radius 1 is 0.696 bits per heavy atom. The second-order valence-corrected chi connectivity index (χ2v) is 11.8. The summed E-state index contributed by atoms with van der Waals surface area (Å²) in [5.41, 5.74) is 2.83. The zero-order valence-corrected chi connectivity index (χ0v) is 29.1. The number of carboxylic acid groups (broad SMARTS) is 1. The smallest absolute Gasteiger partial charge is 0.335 e. The number of esters is 2. The molecule has 0 aliphatic rings. The van der Waals surface area contributed by atoms with Gasteiger partial charge in [0.05, 0.1) is 12.1 Å². The number of nitrogens with one attached hydrogen (secondary N) is 1. The third-order valence-electron chi connectivity index (χ3n) is 5.66. The van der Waals surface area contributed by atoms with E-state index in [0.29, 0.717) is 17.7 Å². The van der Waals surface area contributed by atoms with Gasteiger partial charge in [0, 0.05) is 19.8 Å². The molecule has 0 spiro atoms. The van der Waals surface area contributed by atoms with Crippen molar-refractivity contribution in [2.24, 2.45) is 0 Å². The summed E-state index contributed by atoms with van der Waals surface area (Å²) in [5.74, 6) is -1.73. The molecular formula is C35H38I2N2O7. The lowest BCUT2D eigenvalue weighted by molar-refractivity contribution is -0.145. The molecule has 0 aliphatic heterocycles. The number of hydrogen-bond acceptors (Lipinski definition) is 7. The second-order valence-electron chi connectivity index (χ2n) is 9.31. The number of carboxylic acids is 1. The van der Waals surface area contributed by atoms with Crippen LogP contribution in [-0.4, -0.2) is 61.0 Å². The Kier molecular flexibility index (Phi) is 19.8. The summed E-state index contributed by atoms with van der Waals surface area (Å²) in [6.07, 6.45) is 0. The lowest BCUT2D eigenvalue weighted by atomic mass is 10.2. The monoisotopic (exact) mass is 852 g/mol. The number of ether oxygens (including phenoxy) is 2. The zero-order chi connectivity index (χ0) is 33.0. The highest BCUT2D eigenvalue weighted by Gasteiger charge is 2.16. The van der Waals surface area contributed by atoms with Crippen molar-refractivity contribution in [2.75, 3.05) is 27.2 Å². The molecule has 0 unspecified atom stereocenters. The molecule has 0 bridgehead atoms. The molecule has 11 heteroatoms. The Morgan fingerprint density at radius 3 is 1.59 bits per heavy atom. The quantitative estimate of drug-likeness (QED) is 0.134. The molecule has 0 saturated heterocycles. The summed E-state index contributed by atoms with van der Waals surface area (Å²) in [6.45, 7) is 0.746. The predicted octanol–water partition coefficient (Wildman–Crippen LogP) is 6.68. The van der Waals surface area contributed by atoms with E-state index >= 15 is 0 Å². The Bertz CT molecular complexity index is 1520. The molecule has 244 valence electrons. The van der Waals surface area contributed by atoms with Crippen LogP contribution in [0.3, 0.4) is 0 Å². The molecule has 9 nitrogen and oxygen atoms in total. The van der Waals surface area contributed by atoms with Crippen molar-refractivity contribution in [2.45, 2.75) is 20.6 Å². The molecule has 0 atom stereocenters. The molecule has 0 saturated carbocycles. The Hall–Kier alpha value is -3.82. The number of halogens is 2. The fraction of sp³-hybridized carbons (Fsp3) is 0.200. The molecule has 0 fully saturated rings. The Balaban J connectivity index is 0.000000375. The number of nitrogens with zero attached hydrogens (tertiary/aromatic N) is 1. The van der Waals surface area contributed by atoms with Gasteiger partial charge in [-0.2, -0.15) is 0 Å². The first-order chi connectivity index (χ1) is 21.6. The average Bonchev–Trinajstić information content (AvgIpc) is 3.04. The van der Waals surface area contributed by atoms with Crippen molar-refractivity contribution >= 4 is 69.0 Å². The van der Waals surface area contributed by atoms with Crippen LogP contribution in [0.4, 0.5) is 0 Å². The number of benzene rings is 4. The van der Waals surface area contributed by atoms with Gasteiger partial charge in [-0.05, 0) is 99.8 Å². The van der Waals surface area contributed by atoms with E-state index in [0.717, 1.165) is 18.3 Å². The van der Waals surface area contributed by atoms with Crippen molar-refractivity contribution in [3.63, 3.8) is 0 Å². The van der Waals surface area contributed by atoms with E-state index in [1.54, 1.807) is 44.4 Å². The third kappa shape index (κ3) is 16.5. The molecule has 46 heavy (non-hydrogen) atoms. The van der Waals surface area contributed by atoms with E-state index in [2.05, 4.69) is 50.5 Å². The third-order valence-corrected chi connectivity index (χ3v) is 7.00. The summed E-state index contributed by atoms with van der Waals surface area (Å²) in [7, 11) is 3.30. The number of hydrogen-bond donors (Lipinski definition) is 2. The molecule has 0 aliphatic carbocycles. The Labute approximate surface area is 297 Å². The van der Waals surface area contributed by atoms with Crippen LogP contribution < -0.4 is 5.32 Å². The minimum atomic E-state index is -0.876. The van der Waals surface area contributed by atoms with E-state index in [1.807, 2.05) is 78.9 Å². The van der Waals surface area contributed by atoms with Crippen molar-refractivity contribution < 1.29 is 33.8 Å². The topological polar surface area (TPSA) is 122 Å². The van der Waals surface area contributed by atoms with E-state index in [9.17, 15) is 19.2 Å². The fourth-order valence-corrected chi connectivity index (χ4v) is 4.53. The number of amides is 1. The van der Waals surface area contributed by atoms with Crippen molar-refractivity contribution in [3.05, 3.63) is 139 Å². The first kappa shape index (κ1) is 40.2. The lowest BCUT2D eigenvalue weighted by Crippen LogP contribution is -2.33. The van der Waals surface area contributed by atoms with Crippen LogP contribution in [-0.2, 0) is 32.3 Å². The second kappa shape index (κ2) is 22.6. The van der Waals surface area contributed by atoms with Gasteiger partial charge in [-0.3, -0.25) is 14.4 Å². The minimum absolute atomic E-state index is 0. The summed E-state index contributed by atoms with van der Waals surface area (Å²) in [5, 5.41) is 11.2. The van der Waals surface area contributed by atoms with Gasteiger partial charge in [-0.15, -0.1) is 0 Å². The molecule has 1 amide bonds. The zero-order valence-electron chi connectivity index (χ0n) is 24.8. The van der Waals surface area contributed by atoms with Gasteiger partial charge in [-0.25, -0.2) is 4.79 Å². The maximum atomic E-state index is 12.2. The molecule has 4 aromatic rings. The number of likely N-dealkylation sites (N-methyl/N-ethyl adjacent to an activating group) is 2. The van der Waals surface area contributed by atoms with Crippen LogP contribution in [0.5, 0.6) is 0 Å². The average molecular weight is 853 g/mol. The van der Waals surface area contributed by atoms with Crippen LogP contribution in [0.2, 0.25) is 0 Å². The van der Waals surface area contributed by atoms with Crippen molar-refractivity contribution in [3.8, 4) is 0 Å². The lowest BCUT2D eigenvalue weighted by Gasteiger charge is -2.16. The first-order valence-corrected chi connectivity index (χ1v) is 15.8. The molecule has 0 aromatic heterocycles. The highest BCUT2D eigenvalue weighted by atomic mass is 127. The standard InChI is InChI=1S/C17H16INO3.C10H13NO2.C7H5IO2.CH4/c1-19(17(21)14-8-5-9-15(18)10-14)11-16(20)22-12-13-6-3-2-4-7-13;1-11-7-10(12)13-8-9-5-3-2-4-6-9;8-6-3-1-2-5(4-6)7(9)10;/h2-10H,11-12H2,1H3;2-6,11H,7-8H2,1H3;1-4H,(H,9,10);1H4. The van der Waals surface area contributed by atoms with Gasteiger partial charge in [0.15, 0.2) is 0 Å². The summed E-state index contributed by atoms with van der Waals surface area (Å²) >= 11 is 4.22. The van der Waals surface area contributed by atoms with Gasteiger partial charge < -0.3 is 24.8 Å². The van der Waals surface area contributed by atoms with Crippen LogP contribution in [0.15, 0.2) is 109 Å². The van der Waals surface area contributed by atoms with Gasteiger partial charge in [0.1, 0.15) is 19.8 Å². The molecule has 2 N–H and O–H groups in total. The normalized spacial score (nSPS) is 9.57. The fourth-order valence-electron chi connectivity index (χ4n) is 3.45. The highest BCUT2D eigenvalue weighted by molar-refractivity contribution is 14.1. The first-order valence-electron chi connectivity index (χ1n) is 13.6. The van der Waals surface area contributed by atoms with Gasteiger partial charge >= 0.3 is 17.9 Å². The number of carbonyl (C=O) groups excluding carboxylic acids is 3. The largest absolute Gasteiger partial charge is 0.478 e. The maximum absolute atomic E-state index is 12.2. The van der Waals surface area contributed by atoms with Crippen LogP contribution >= 0.6 is 45.2 Å². The maximum Gasteiger partial charge on any atom is 0.335 e. The summed E-state index contributed by atoms with van der Waals surface area (Å²) < 4.78 is 12.1. The van der Waals surface area contributed by atoms with Gasteiger partial charge in [0.25, 0.3) is 5.91 Å². The van der Waals surface area contributed by atoms with Crippen molar-refractivity contribution in [1.82, 2.24) is 10.2 Å². The van der Waals surface area contributed by atoms with Crippen molar-refractivity contribution in [1.29, 1.82) is 0 Å². The summed E-state index contributed by atoms with van der Waals surface area (Å²) in [6, 6.07) is 33.1. The van der Waals surface area contributed by atoms with E-state index in [4.69, 9.17) is 14.6 Å². The molecule has 4 rings (SSSR count). The van der Waals surface area contributed by atoms with Gasteiger partial charge in [-0.1, -0.05) is 80.2 Å². The van der Waals surface area contributed by atoms with Crippen LogP contribution in [0.1, 0.15) is 39.3 Å². The number of rotatable bonds is 10. The minimum Gasteiger partial charge on any atom is -0.478 e. The van der Waals surface area contributed by atoms with E-state index < -0.39 is 11.9 Å².